The second-order valence-electron chi connectivity index (χ2n) is 25.9. The molecular weight excluding hydrogens is 1330 g/mol. The highest BCUT2D eigenvalue weighted by Crippen LogP contribution is 2.26. The molecule has 9 amide bonds. The van der Waals surface area contributed by atoms with Crippen molar-refractivity contribution in [2.24, 2.45) is 17.6 Å². The number of hydrazine groups is 1. The van der Waals surface area contributed by atoms with E-state index in [0.29, 0.717) is 61.8 Å². The number of imide groups is 1. The number of aliphatic hydroxyl groups is 4. The van der Waals surface area contributed by atoms with Crippen LogP contribution >= 0.6 is 23.5 Å². The van der Waals surface area contributed by atoms with Gasteiger partial charge < -0.3 is 73.0 Å². The molecule has 3 saturated heterocycles. The number of piperidine rings is 2. The van der Waals surface area contributed by atoms with Crippen LogP contribution in [0.1, 0.15) is 116 Å². The van der Waals surface area contributed by atoms with Crippen LogP contribution in [0.25, 0.3) is 0 Å². The van der Waals surface area contributed by atoms with Crippen LogP contribution in [-0.4, -0.2) is 318 Å². The van der Waals surface area contributed by atoms with Gasteiger partial charge in [-0.05, 0) is 68.9 Å². The number of rotatable bonds is 41. The van der Waals surface area contributed by atoms with Crippen LogP contribution in [0.4, 0.5) is 0 Å². The van der Waals surface area contributed by atoms with Gasteiger partial charge in [0.2, 0.25) is 53.7 Å². The Morgan fingerprint density at radius 2 is 1.20 bits per heavy atom. The molecule has 1 aromatic heterocycles. The minimum atomic E-state index is -1.59. The van der Waals surface area contributed by atoms with E-state index in [-0.39, 0.29) is 186 Å². The van der Waals surface area contributed by atoms with Crippen LogP contribution in [0, 0.1) is 11.8 Å². The lowest BCUT2D eigenvalue weighted by Gasteiger charge is -2.42. The third kappa shape index (κ3) is 31.4. The Bertz CT molecular complexity index is 2770. The van der Waals surface area contributed by atoms with Gasteiger partial charge in [0.15, 0.2) is 0 Å². The van der Waals surface area contributed by atoms with Crippen molar-refractivity contribution in [3.63, 3.8) is 0 Å². The van der Waals surface area contributed by atoms with E-state index in [9.17, 15) is 88.2 Å². The first-order chi connectivity index (χ1) is 47.0. The minimum absolute atomic E-state index is 0.00977. The normalized spacial score (nSPS) is 18.4. The number of pyridine rings is 1. The predicted octanol–water partition coefficient (Wildman–Crippen LogP) is -2.94. The number of aliphatic hydroxyl groups excluding tert-OH is 4. The zero-order valence-electron chi connectivity index (χ0n) is 57.5. The average Bonchev–Trinajstić information content (AvgIpc) is 0.794. The molecule has 4 heterocycles. The fourth-order valence-electron chi connectivity index (χ4n) is 11.6. The molecule has 0 aliphatic carbocycles. The minimum Gasteiger partial charge on any atom is -0.480 e. The van der Waals surface area contributed by atoms with E-state index in [1.165, 1.54) is 23.5 Å². The topological polar surface area (TPSA) is 468 Å². The summed E-state index contributed by atoms with van der Waals surface area (Å²) in [4.78, 5) is 168. The molecule has 3 aliphatic rings. The molecule has 35 heteroatoms. The van der Waals surface area contributed by atoms with Gasteiger partial charge in [0.05, 0.1) is 50.3 Å². The first-order valence-electron chi connectivity index (χ1n) is 33.9. The third-order valence-electron chi connectivity index (χ3n) is 17.6. The van der Waals surface area contributed by atoms with E-state index < -0.39 is 95.9 Å². The molecule has 14 N–H and O–H groups in total. The lowest BCUT2D eigenvalue weighted by Crippen LogP contribution is -2.66. The Morgan fingerprint density at radius 1 is 0.687 bits per heavy atom. The Hall–Kier alpha value is -6.67. The van der Waals surface area contributed by atoms with Crippen molar-refractivity contribution in [2.75, 3.05) is 129 Å². The largest absolute Gasteiger partial charge is 0.480 e. The summed E-state index contributed by atoms with van der Waals surface area (Å²) in [5, 5.41) is 83.8. The van der Waals surface area contributed by atoms with Crippen molar-refractivity contribution in [2.45, 2.75) is 158 Å². The highest BCUT2D eigenvalue weighted by molar-refractivity contribution is 7.98. The van der Waals surface area contributed by atoms with Crippen LogP contribution in [0.2, 0.25) is 0 Å². The first kappa shape index (κ1) is 84.7. The number of likely N-dealkylation sites (tertiary alicyclic amines) is 1. The Labute approximate surface area is 586 Å². The number of primary amides is 1. The number of carboxylic acid groups (broad SMARTS) is 3. The monoisotopic (exact) mass is 1440 g/mol. The summed E-state index contributed by atoms with van der Waals surface area (Å²) in [6, 6.07) is 3.30. The molecule has 4 rings (SSSR count). The van der Waals surface area contributed by atoms with Gasteiger partial charge in [-0.25, -0.2) is 10.0 Å². The molecule has 0 aromatic carbocycles. The van der Waals surface area contributed by atoms with E-state index in [2.05, 4.69) is 26.6 Å². The Kier molecular flexibility index (Phi) is 38.1. The number of nitrogens with zero attached hydrogens (tertiary/aromatic N) is 8. The van der Waals surface area contributed by atoms with Gasteiger partial charge in [0.25, 0.3) is 0 Å². The van der Waals surface area contributed by atoms with E-state index in [4.69, 9.17) is 15.8 Å². The third-order valence-corrected chi connectivity index (χ3v) is 19.6. The number of carbonyl (C=O) groups excluding carboxylic acids is 9. The Morgan fingerprint density at radius 3 is 1.68 bits per heavy atom. The zero-order chi connectivity index (χ0) is 73.2. The highest BCUT2D eigenvalue weighted by Gasteiger charge is 2.45. The number of aromatic nitrogens is 1. The van der Waals surface area contributed by atoms with Crippen LogP contribution in [-0.2, 0) is 69.0 Å². The van der Waals surface area contributed by atoms with E-state index >= 15 is 0 Å². The summed E-state index contributed by atoms with van der Waals surface area (Å²) >= 11 is 2.98. The summed E-state index contributed by atoms with van der Waals surface area (Å²) in [7, 11) is 0. The molecule has 3 aliphatic heterocycles. The first-order valence-corrected chi connectivity index (χ1v) is 36.2. The van der Waals surface area contributed by atoms with Gasteiger partial charge in [-0.3, -0.25) is 82.1 Å². The number of aliphatic carboxylic acids is 3. The maximum Gasteiger partial charge on any atom is 0.317 e. The SMILES string of the molecule is CC[C@H](C)[C@H](NC(=O)[C@H](CC(C)C)NC(=O)C1(NC(=O)CCSCc2cccc(CSCCC(=O)NC3CCN(N(C=O)C(=O)CCCC(=O)NCC[C@@H](O)[C@H](O)[C@H](O)CO)CC3)n2)CCN(C(=O)CN2CCN(CC(=O)O)CCN(CC(=O)O)CCN(CC(=O)O)CC2)CC1)C(N)=O. The van der Waals surface area contributed by atoms with Crippen LogP contribution in [0.5, 0.6) is 0 Å². The summed E-state index contributed by atoms with van der Waals surface area (Å²) < 4.78 is 0. The zero-order valence-corrected chi connectivity index (χ0v) is 59.1. The van der Waals surface area contributed by atoms with Gasteiger partial charge in [-0.15, -0.1) is 0 Å². The lowest BCUT2D eigenvalue weighted by molar-refractivity contribution is -0.159. The number of hydrogen-bond donors (Lipinski definition) is 13. The fraction of sp³-hybridized carbons (Fsp3) is 0.734. The number of nitrogens with two attached hydrogens (primary N) is 1. The van der Waals surface area contributed by atoms with Crippen molar-refractivity contribution in [3.05, 3.63) is 29.6 Å². The maximum atomic E-state index is 14.8. The molecule has 0 bridgehead atoms. The van der Waals surface area contributed by atoms with Crippen molar-refractivity contribution >= 4 is 95.1 Å². The quantitative estimate of drug-likeness (QED) is 0.0230. The summed E-state index contributed by atoms with van der Waals surface area (Å²) in [6.45, 7) is 7.72. The van der Waals surface area contributed by atoms with Gasteiger partial charge in [-0.2, -0.15) is 23.5 Å². The van der Waals surface area contributed by atoms with Crippen LogP contribution < -0.4 is 32.3 Å². The standard InChI is InChI=1S/C64H106N14O19S2/c1-5-44(4)59(61(65)95)70-62(96)48(34-43(2)3)69-63(97)64(17-22-76(23-18-64)55(87)35-72-24-26-73(36-56(88)89)28-30-75(38-58(92)93)31-29-74(27-25-72)37-57(90)91)71-53(85)16-33-99-41-47-9-6-8-46(67-47)40-98-32-15-52(84)68-45-13-20-77(21-14-45)78(42-80)54(86)11-7-10-51(83)66-19-12-49(81)60(94)50(82)39-79/h6,8-9,42-45,48-50,59-60,79,81-82,94H,5,7,10-41H2,1-4H3,(H2,65,95)(H,66,83)(H,68,84)(H,69,97)(H,70,96)(H,71,85)(H,88,89)(H,90,91)(H,92,93)/t44-,48-,49+,50+,59-,60-/m0/s1. The second kappa shape index (κ2) is 44.6. The van der Waals surface area contributed by atoms with Crippen LogP contribution in [0.15, 0.2) is 18.2 Å². The average molecular weight is 1440 g/mol. The van der Waals surface area contributed by atoms with Crippen molar-refractivity contribution in [1.29, 1.82) is 0 Å². The van der Waals surface area contributed by atoms with Gasteiger partial charge in [-0.1, -0.05) is 40.2 Å². The maximum absolute atomic E-state index is 14.8. The molecule has 33 nitrogen and oxygen atoms in total. The molecule has 558 valence electrons. The number of thioether (sulfide) groups is 2. The van der Waals surface area contributed by atoms with Crippen LogP contribution in [0.3, 0.4) is 0 Å². The molecule has 0 spiro atoms. The van der Waals surface area contributed by atoms with Crippen molar-refractivity contribution in [1.82, 2.24) is 66.1 Å². The number of carboxylic acids is 3. The fourth-order valence-corrected chi connectivity index (χ4v) is 13.3. The predicted molar refractivity (Wildman–Crippen MR) is 365 cm³/mol. The summed E-state index contributed by atoms with van der Waals surface area (Å²) in [5.74, 6) is -5.73. The van der Waals surface area contributed by atoms with Gasteiger partial charge in [0, 0.05) is 140 Å². The molecule has 99 heavy (non-hydrogen) atoms. The number of amides is 9. The number of nitrogens with one attached hydrogen (secondary N) is 5. The Balaban J connectivity index is 1.31. The summed E-state index contributed by atoms with van der Waals surface area (Å²) in [6.07, 6.45) is -2.28. The van der Waals surface area contributed by atoms with Crippen molar-refractivity contribution < 1.29 is 93.3 Å². The van der Waals surface area contributed by atoms with E-state index in [1.807, 2.05) is 39.0 Å². The molecule has 6 atom stereocenters. The highest BCUT2D eigenvalue weighted by atomic mass is 32.2. The number of carbonyl (C=O) groups is 12. The molecule has 3 fully saturated rings. The van der Waals surface area contributed by atoms with Gasteiger partial charge in [0.1, 0.15) is 29.8 Å². The van der Waals surface area contributed by atoms with Crippen molar-refractivity contribution in [3.8, 4) is 0 Å². The second-order valence-corrected chi connectivity index (χ2v) is 28.1. The molecular formula is C64H106N14O19S2. The van der Waals surface area contributed by atoms with Gasteiger partial charge >= 0.3 is 17.9 Å². The number of hydrogen-bond acceptors (Lipinski definition) is 24. The van der Waals surface area contributed by atoms with E-state index in [1.54, 1.807) is 36.4 Å². The van der Waals surface area contributed by atoms with E-state index in [0.717, 1.165) is 16.4 Å². The molecule has 0 saturated carbocycles. The lowest BCUT2D eigenvalue weighted by atomic mass is 9.85. The molecule has 0 radical (unpaired) electrons. The molecule has 1 aromatic rings. The summed E-state index contributed by atoms with van der Waals surface area (Å²) in [5.41, 5.74) is 5.66. The smallest absolute Gasteiger partial charge is 0.317 e. The molecule has 0 unspecified atom stereocenters.